The van der Waals surface area contributed by atoms with Crippen molar-refractivity contribution in [1.82, 2.24) is 15.1 Å². The maximum Gasteiger partial charge on any atom is 0.148 e. The number of rotatable bonds is 5. The van der Waals surface area contributed by atoms with Crippen molar-refractivity contribution in [3.05, 3.63) is 76.8 Å². The van der Waals surface area contributed by atoms with Crippen LogP contribution in [-0.4, -0.2) is 34.2 Å². The van der Waals surface area contributed by atoms with E-state index in [-0.39, 0.29) is 11.6 Å². The van der Waals surface area contributed by atoms with E-state index in [0.717, 1.165) is 31.5 Å². The van der Waals surface area contributed by atoms with Gasteiger partial charge in [0.2, 0.25) is 0 Å². The molecule has 0 bridgehead atoms. The molecule has 5 rings (SSSR count). The molecule has 0 radical (unpaired) electrons. The minimum Gasteiger partial charge on any atom is -0.366 e. The fourth-order valence-corrected chi connectivity index (χ4v) is 5.18. The summed E-state index contributed by atoms with van der Waals surface area (Å²) in [5.41, 5.74) is 1.85. The largest absolute Gasteiger partial charge is 0.366 e. The number of halogens is 3. The number of nitrogens with one attached hydrogen (secondary N) is 1. The van der Waals surface area contributed by atoms with Crippen LogP contribution in [0.15, 0.2) is 54.6 Å². The van der Waals surface area contributed by atoms with E-state index >= 15 is 0 Å². The Morgan fingerprint density at radius 1 is 0.968 bits per heavy atom. The number of hydrogen-bond acceptors (Lipinski definition) is 4. The van der Waals surface area contributed by atoms with Gasteiger partial charge in [-0.05, 0) is 61.1 Å². The van der Waals surface area contributed by atoms with Crippen LogP contribution in [0, 0.1) is 23.5 Å². The monoisotopic (exact) mass is 440 g/mol. The van der Waals surface area contributed by atoms with Gasteiger partial charge in [-0.1, -0.05) is 29.8 Å². The van der Waals surface area contributed by atoms with Gasteiger partial charge in [0, 0.05) is 36.8 Å². The summed E-state index contributed by atoms with van der Waals surface area (Å²) in [5.74, 6) is 1.46. The minimum absolute atomic E-state index is 0.124. The van der Waals surface area contributed by atoms with Gasteiger partial charge in [-0.15, -0.1) is 10.2 Å². The first-order chi connectivity index (χ1) is 15.0. The molecule has 2 heterocycles. The van der Waals surface area contributed by atoms with Gasteiger partial charge in [0.1, 0.15) is 17.5 Å². The molecule has 1 saturated carbocycles. The molecule has 2 aliphatic rings. The van der Waals surface area contributed by atoms with E-state index in [4.69, 9.17) is 11.6 Å². The number of hydrogen-bond donors (Lipinski definition) is 1. The number of fused-ring (bicyclic) bond motifs is 1. The first kappa shape index (κ1) is 20.3. The molecular formula is C24H23ClF2N4. The van der Waals surface area contributed by atoms with Crippen molar-refractivity contribution in [2.75, 3.05) is 18.4 Å². The Morgan fingerprint density at radius 2 is 1.74 bits per heavy atom. The highest BCUT2D eigenvalue weighted by molar-refractivity contribution is 6.33. The summed E-state index contributed by atoms with van der Waals surface area (Å²) >= 11 is 6.16. The SMILES string of the molecule is Fc1ccc(Cl)c(-c2ccc(NC3CC4CN(Cc5ccccc5F)CC4C3)nn2)c1. The number of anilines is 1. The average Bonchev–Trinajstić information content (AvgIpc) is 3.30. The predicted octanol–water partition coefficient (Wildman–Crippen LogP) is 5.40. The Balaban J connectivity index is 1.17. The number of likely N-dealkylation sites (tertiary alicyclic amines) is 1. The first-order valence-electron chi connectivity index (χ1n) is 10.6. The van der Waals surface area contributed by atoms with Crippen LogP contribution >= 0.6 is 11.6 Å². The van der Waals surface area contributed by atoms with Crippen molar-refractivity contribution in [2.24, 2.45) is 11.8 Å². The third kappa shape index (κ3) is 4.41. The first-order valence-corrected chi connectivity index (χ1v) is 10.9. The van der Waals surface area contributed by atoms with Crippen molar-refractivity contribution in [1.29, 1.82) is 0 Å². The van der Waals surface area contributed by atoms with Gasteiger partial charge < -0.3 is 5.32 Å². The number of aromatic nitrogens is 2. The van der Waals surface area contributed by atoms with E-state index in [2.05, 4.69) is 20.4 Å². The highest BCUT2D eigenvalue weighted by Gasteiger charge is 2.40. The van der Waals surface area contributed by atoms with Gasteiger partial charge in [0.15, 0.2) is 0 Å². The molecule has 1 saturated heterocycles. The molecule has 0 spiro atoms. The highest BCUT2D eigenvalue weighted by atomic mass is 35.5. The van der Waals surface area contributed by atoms with Crippen molar-refractivity contribution in [3.63, 3.8) is 0 Å². The summed E-state index contributed by atoms with van der Waals surface area (Å²) in [4.78, 5) is 2.36. The lowest BCUT2D eigenvalue weighted by atomic mass is 10.0. The summed E-state index contributed by atoms with van der Waals surface area (Å²) in [5, 5.41) is 12.4. The minimum atomic E-state index is -0.357. The third-order valence-electron chi connectivity index (χ3n) is 6.40. The quantitative estimate of drug-likeness (QED) is 0.577. The second-order valence-electron chi connectivity index (χ2n) is 8.55. The number of benzene rings is 2. The van der Waals surface area contributed by atoms with E-state index in [1.54, 1.807) is 6.07 Å². The zero-order valence-electron chi connectivity index (χ0n) is 16.9. The van der Waals surface area contributed by atoms with Crippen LogP contribution in [0.3, 0.4) is 0 Å². The lowest BCUT2D eigenvalue weighted by molar-refractivity contribution is 0.296. The van der Waals surface area contributed by atoms with Gasteiger partial charge in [0.05, 0.1) is 10.7 Å². The normalized spacial score (nSPS) is 23.1. The molecule has 1 aliphatic carbocycles. The molecule has 31 heavy (non-hydrogen) atoms. The Morgan fingerprint density at radius 3 is 2.45 bits per heavy atom. The zero-order valence-corrected chi connectivity index (χ0v) is 17.7. The van der Waals surface area contributed by atoms with Crippen molar-refractivity contribution < 1.29 is 8.78 Å². The topological polar surface area (TPSA) is 41.0 Å². The van der Waals surface area contributed by atoms with Gasteiger partial charge in [0.25, 0.3) is 0 Å². The van der Waals surface area contributed by atoms with Crippen molar-refractivity contribution >= 4 is 17.4 Å². The summed E-state index contributed by atoms with van der Waals surface area (Å²) in [6, 6.07) is 15.3. The standard InChI is InChI=1S/C24H23ClF2N4/c25-21-6-5-18(26)11-20(21)23-7-8-24(30-29-23)28-19-9-16-13-31(14-17(16)10-19)12-15-3-1-2-4-22(15)27/h1-8,11,16-17,19H,9-10,12-14H2,(H,28,30). The molecular weight excluding hydrogens is 418 g/mol. The van der Waals surface area contributed by atoms with Crippen LogP contribution in [0.25, 0.3) is 11.3 Å². The van der Waals surface area contributed by atoms with Crippen LogP contribution in [0.4, 0.5) is 14.6 Å². The Kier molecular flexibility index (Phi) is 5.59. The molecule has 1 N–H and O–H groups in total. The molecule has 3 aromatic rings. The van der Waals surface area contributed by atoms with Crippen LogP contribution in [0.1, 0.15) is 18.4 Å². The maximum atomic E-state index is 13.9. The van der Waals surface area contributed by atoms with Crippen LogP contribution in [0.5, 0.6) is 0 Å². The predicted molar refractivity (Wildman–Crippen MR) is 118 cm³/mol. The van der Waals surface area contributed by atoms with E-state index in [1.165, 1.54) is 24.3 Å². The zero-order chi connectivity index (χ0) is 21.4. The fourth-order valence-electron chi connectivity index (χ4n) is 4.97. The lowest BCUT2D eigenvalue weighted by Crippen LogP contribution is -2.25. The Bertz CT molecular complexity index is 1060. The number of nitrogens with zero attached hydrogens (tertiary/aromatic N) is 3. The van der Waals surface area contributed by atoms with Gasteiger partial charge in [-0.25, -0.2) is 8.78 Å². The Labute approximate surface area is 185 Å². The molecule has 7 heteroatoms. The summed E-state index contributed by atoms with van der Waals surface area (Å²) in [7, 11) is 0. The smallest absolute Gasteiger partial charge is 0.148 e. The van der Waals surface area contributed by atoms with E-state index < -0.39 is 0 Å². The summed E-state index contributed by atoms with van der Waals surface area (Å²) in [6.45, 7) is 2.67. The second kappa shape index (κ2) is 8.52. The molecule has 2 unspecified atom stereocenters. The lowest BCUT2D eigenvalue weighted by Gasteiger charge is -2.20. The highest BCUT2D eigenvalue weighted by Crippen LogP contribution is 2.39. The maximum absolute atomic E-state index is 13.9. The molecule has 2 aromatic carbocycles. The molecule has 2 fully saturated rings. The average molecular weight is 441 g/mol. The fraction of sp³-hybridized carbons (Fsp3) is 0.333. The van der Waals surface area contributed by atoms with E-state index in [9.17, 15) is 8.78 Å². The van der Waals surface area contributed by atoms with Gasteiger partial charge in [-0.3, -0.25) is 4.90 Å². The van der Waals surface area contributed by atoms with E-state index in [0.29, 0.717) is 46.5 Å². The second-order valence-corrected chi connectivity index (χ2v) is 8.95. The van der Waals surface area contributed by atoms with Gasteiger partial charge in [-0.2, -0.15) is 0 Å². The molecule has 4 nitrogen and oxygen atoms in total. The molecule has 1 aliphatic heterocycles. The van der Waals surface area contributed by atoms with Crippen LogP contribution < -0.4 is 5.32 Å². The van der Waals surface area contributed by atoms with Crippen molar-refractivity contribution in [2.45, 2.75) is 25.4 Å². The van der Waals surface area contributed by atoms with Crippen molar-refractivity contribution in [3.8, 4) is 11.3 Å². The molecule has 2 atom stereocenters. The Hall–Kier alpha value is -2.57. The third-order valence-corrected chi connectivity index (χ3v) is 6.73. The molecule has 0 amide bonds. The van der Waals surface area contributed by atoms with Crippen LogP contribution in [-0.2, 0) is 6.54 Å². The summed E-state index contributed by atoms with van der Waals surface area (Å²) in [6.07, 6.45) is 2.13. The van der Waals surface area contributed by atoms with Gasteiger partial charge >= 0.3 is 0 Å². The molecule has 160 valence electrons. The summed E-state index contributed by atoms with van der Waals surface area (Å²) < 4.78 is 27.5. The van der Waals surface area contributed by atoms with E-state index in [1.807, 2.05) is 24.3 Å². The van der Waals surface area contributed by atoms with Crippen LogP contribution in [0.2, 0.25) is 5.02 Å². The molecule has 1 aromatic heterocycles.